The van der Waals surface area contributed by atoms with E-state index in [0.29, 0.717) is 29.9 Å². The Balaban J connectivity index is 1.36. The zero-order chi connectivity index (χ0) is 25.6. The van der Waals surface area contributed by atoms with Gasteiger partial charge in [0, 0.05) is 26.2 Å². The molecule has 0 radical (unpaired) electrons. The highest BCUT2D eigenvalue weighted by molar-refractivity contribution is 7.99. The molecule has 2 N–H and O–H groups in total. The number of pyridine rings is 1. The highest BCUT2D eigenvalue weighted by atomic mass is 32.2. The molecule has 1 amide bonds. The van der Waals surface area contributed by atoms with Crippen molar-refractivity contribution in [2.45, 2.75) is 81.9 Å². The average Bonchev–Trinajstić information content (AvgIpc) is 2.85. The minimum atomic E-state index is -0.741. The summed E-state index contributed by atoms with van der Waals surface area (Å²) < 4.78 is 0. The Morgan fingerprint density at radius 1 is 1.25 bits per heavy atom. The summed E-state index contributed by atoms with van der Waals surface area (Å²) >= 11 is 1.64. The van der Waals surface area contributed by atoms with Crippen LogP contribution in [0.3, 0.4) is 0 Å². The third-order valence-corrected chi connectivity index (χ3v) is 10.6. The Kier molecular flexibility index (Phi) is 7.29. The van der Waals surface area contributed by atoms with Gasteiger partial charge in [-0.05, 0) is 92.9 Å². The van der Waals surface area contributed by atoms with E-state index in [2.05, 4.69) is 11.8 Å². The molecule has 4 aliphatic carbocycles. The molecule has 5 fully saturated rings. The number of rotatable bonds is 8. The highest BCUT2D eigenvalue weighted by Crippen LogP contribution is 2.57. The van der Waals surface area contributed by atoms with Crippen LogP contribution in [-0.4, -0.2) is 69.5 Å². The molecular weight excluding hydrogens is 474 g/mol. The van der Waals surface area contributed by atoms with Crippen LogP contribution in [0.25, 0.3) is 0 Å². The monoisotopic (exact) mass is 515 g/mol. The van der Waals surface area contributed by atoms with Crippen molar-refractivity contribution in [3.63, 3.8) is 0 Å². The van der Waals surface area contributed by atoms with Gasteiger partial charge in [0.1, 0.15) is 10.8 Å². The van der Waals surface area contributed by atoms with Crippen LogP contribution >= 0.6 is 11.8 Å². The third kappa shape index (κ3) is 4.87. The van der Waals surface area contributed by atoms with Gasteiger partial charge in [0.05, 0.1) is 17.1 Å². The first-order chi connectivity index (χ1) is 17.2. The fourth-order valence-corrected chi connectivity index (χ4v) is 8.68. The van der Waals surface area contributed by atoms with Crippen LogP contribution in [0.2, 0.25) is 0 Å². The molecule has 0 aromatic carbocycles. The number of hydrogen-bond acceptors (Lipinski definition) is 6. The molecule has 5 aliphatic rings. The lowest BCUT2D eigenvalue weighted by molar-refractivity contribution is -0.152. The van der Waals surface area contributed by atoms with Crippen molar-refractivity contribution in [2.24, 2.45) is 29.6 Å². The minimum absolute atomic E-state index is 0.0353. The van der Waals surface area contributed by atoms with Crippen molar-refractivity contribution < 1.29 is 19.8 Å². The van der Waals surface area contributed by atoms with Gasteiger partial charge in [0.2, 0.25) is 0 Å². The second kappa shape index (κ2) is 10.2. The van der Waals surface area contributed by atoms with Crippen LogP contribution in [0.1, 0.15) is 75.6 Å². The SMILES string of the molecule is CCCSc1nc(N2CCC[C@@H](C(C)C(=O)O)C2)ccc1C(=O)N(C)C1C2CC3CC1CC(O)(C3)C2. The number of aliphatic hydroxyl groups is 1. The molecule has 4 saturated carbocycles. The van der Waals surface area contributed by atoms with Gasteiger partial charge in [-0.15, -0.1) is 11.8 Å². The molecule has 198 valence electrons. The standard InChI is InChI=1S/C28H41N3O4S/c1-4-10-36-25-22(7-8-23(29-25)31-9-5-6-19(16-31)17(2)27(33)34)26(32)30(3)24-20-11-18-12-21(24)15-28(35,13-18)14-20/h7-8,17-21,24,35H,4-6,9-16H2,1-3H3,(H,33,34)/t17?,18?,19-,20?,21?,24?,28?/m1/s1. The van der Waals surface area contributed by atoms with E-state index in [-0.39, 0.29) is 23.8 Å². The fourth-order valence-electron chi connectivity index (χ4n) is 7.82. The van der Waals surface area contributed by atoms with E-state index in [4.69, 9.17) is 4.98 Å². The summed E-state index contributed by atoms with van der Waals surface area (Å²) in [5.74, 6) is 2.13. The predicted octanol–water partition coefficient (Wildman–Crippen LogP) is 4.53. The Morgan fingerprint density at radius 2 is 1.97 bits per heavy atom. The van der Waals surface area contributed by atoms with E-state index in [1.165, 1.54) is 0 Å². The summed E-state index contributed by atoms with van der Waals surface area (Å²) in [5.41, 5.74) is 0.159. The van der Waals surface area contributed by atoms with Gasteiger partial charge in [0.15, 0.2) is 0 Å². The summed E-state index contributed by atoms with van der Waals surface area (Å²) in [5, 5.41) is 21.2. The molecule has 1 aromatic heterocycles. The normalized spacial score (nSPS) is 34.0. The molecule has 8 heteroatoms. The molecular formula is C28H41N3O4S. The van der Waals surface area contributed by atoms with Crippen molar-refractivity contribution in [1.82, 2.24) is 9.88 Å². The quantitative estimate of drug-likeness (QED) is 0.491. The number of aromatic nitrogens is 1. The van der Waals surface area contributed by atoms with Gasteiger partial charge in [-0.2, -0.15) is 0 Å². The Morgan fingerprint density at radius 3 is 2.61 bits per heavy atom. The summed E-state index contributed by atoms with van der Waals surface area (Å²) in [6.45, 7) is 5.47. The zero-order valence-corrected chi connectivity index (χ0v) is 22.7. The lowest BCUT2D eigenvalue weighted by Crippen LogP contribution is -2.61. The van der Waals surface area contributed by atoms with E-state index >= 15 is 0 Å². The van der Waals surface area contributed by atoms with E-state index in [1.54, 1.807) is 18.7 Å². The fraction of sp³-hybridized carbons (Fsp3) is 0.750. The molecule has 3 unspecified atom stereocenters. The van der Waals surface area contributed by atoms with Gasteiger partial charge in [-0.3, -0.25) is 9.59 Å². The number of carbonyl (C=O) groups is 2. The number of amides is 1. The zero-order valence-electron chi connectivity index (χ0n) is 21.9. The Bertz CT molecular complexity index is 987. The van der Waals surface area contributed by atoms with Crippen LogP contribution in [0.4, 0.5) is 5.82 Å². The van der Waals surface area contributed by atoms with Crippen LogP contribution in [-0.2, 0) is 4.79 Å². The van der Waals surface area contributed by atoms with Gasteiger partial charge < -0.3 is 20.0 Å². The van der Waals surface area contributed by atoms with Gasteiger partial charge in [0.25, 0.3) is 5.91 Å². The number of carbonyl (C=O) groups excluding carboxylic acids is 1. The molecule has 1 aliphatic heterocycles. The topological polar surface area (TPSA) is 94.0 Å². The average molecular weight is 516 g/mol. The van der Waals surface area contributed by atoms with Crippen molar-refractivity contribution in [2.75, 3.05) is 30.8 Å². The van der Waals surface area contributed by atoms with Gasteiger partial charge in [-0.1, -0.05) is 13.8 Å². The maximum Gasteiger partial charge on any atom is 0.306 e. The lowest BCUT2D eigenvalue weighted by atomic mass is 9.52. The molecule has 4 atom stereocenters. The molecule has 0 spiro atoms. The van der Waals surface area contributed by atoms with E-state index in [0.717, 1.165) is 74.5 Å². The summed E-state index contributed by atoms with van der Waals surface area (Å²) in [7, 11) is 1.95. The summed E-state index contributed by atoms with van der Waals surface area (Å²) in [4.78, 5) is 34.6. The maximum absolute atomic E-state index is 13.9. The molecule has 36 heavy (non-hydrogen) atoms. The smallest absolute Gasteiger partial charge is 0.306 e. The molecule has 2 heterocycles. The molecule has 1 aromatic rings. The second-order valence-electron chi connectivity index (χ2n) is 11.9. The van der Waals surface area contributed by atoms with Gasteiger partial charge >= 0.3 is 5.97 Å². The van der Waals surface area contributed by atoms with Crippen LogP contribution in [0.15, 0.2) is 17.2 Å². The van der Waals surface area contributed by atoms with Crippen LogP contribution in [0.5, 0.6) is 0 Å². The lowest BCUT2D eigenvalue weighted by Gasteiger charge is -2.59. The maximum atomic E-state index is 13.9. The number of thioether (sulfide) groups is 1. The highest BCUT2D eigenvalue weighted by Gasteiger charge is 2.56. The number of nitrogens with zero attached hydrogens (tertiary/aromatic N) is 3. The minimum Gasteiger partial charge on any atom is -0.481 e. The summed E-state index contributed by atoms with van der Waals surface area (Å²) in [6, 6.07) is 4.08. The van der Waals surface area contributed by atoms with E-state index < -0.39 is 11.6 Å². The third-order valence-electron chi connectivity index (χ3n) is 9.36. The number of aliphatic carboxylic acids is 1. The predicted molar refractivity (Wildman–Crippen MR) is 141 cm³/mol. The number of hydrogen-bond donors (Lipinski definition) is 2. The van der Waals surface area contributed by atoms with E-state index in [1.807, 2.05) is 24.1 Å². The molecule has 6 rings (SSSR count). The first kappa shape index (κ1) is 25.8. The number of anilines is 1. The van der Waals surface area contributed by atoms with Crippen molar-refractivity contribution in [3.05, 3.63) is 17.7 Å². The number of carboxylic acids is 1. The Labute approximate surface area is 219 Å². The van der Waals surface area contributed by atoms with Crippen molar-refractivity contribution in [1.29, 1.82) is 0 Å². The van der Waals surface area contributed by atoms with E-state index in [9.17, 15) is 19.8 Å². The molecule has 1 saturated heterocycles. The number of carboxylic acid groups (broad SMARTS) is 1. The first-order valence-electron chi connectivity index (χ1n) is 13.8. The molecule has 4 bridgehead atoms. The summed E-state index contributed by atoms with van der Waals surface area (Å²) in [6.07, 6.45) is 7.70. The van der Waals surface area contributed by atoms with Crippen molar-refractivity contribution >= 4 is 29.5 Å². The first-order valence-corrected chi connectivity index (χ1v) is 14.8. The molecule has 7 nitrogen and oxygen atoms in total. The Hall–Kier alpha value is -1.80. The van der Waals surface area contributed by atoms with Crippen LogP contribution in [0, 0.1) is 29.6 Å². The van der Waals surface area contributed by atoms with Crippen LogP contribution < -0.4 is 4.90 Å². The second-order valence-corrected chi connectivity index (χ2v) is 13.0. The van der Waals surface area contributed by atoms with Crippen molar-refractivity contribution in [3.8, 4) is 0 Å². The largest absolute Gasteiger partial charge is 0.481 e. The van der Waals surface area contributed by atoms with Gasteiger partial charge in [-0.25, -0.2) is 4.98 Å². The number of piperidine rings is 1.